The van der Waals surface area contributed by atoms with Gasteiger partial charge in [0.25, 0.3) is 0 Å². The second-order valence-electron chi connectivity index (χ2n) is 7.11. The van der Waals surface area contributed by atoms with Crippen molar-refractivity contribution in [3.63, 3.8) is 0 Å². The van der Waals surface area contributed by atoms with Crippen LogP contribution in [-0.2, 0) is 24.8 Å². The minimum absolute atomic E-state index is 0.566. The highest BCUT2D eigenvalue weighted by molar-refractivity contribution is 5.80. The monoisotopic (exact) mass is 369 g/mol. The van der Waals surface area contributed by atoms with Crippen molar-refractivity contribution in [2.75, 3.05) is 32.8 Å². The molecule has 6 heteroatoms. The normalized spacial score (nSPS) is 17.5. The fraction of sp³-hybridized carbons (Fsp3) is 0.524. The quantitative estimate of drug-likeness (QED) is 0.574. The lowest BCUT2D eigenvalue weighted by Crippen LogP contribution is -2.40. The molecule has 1 aromatic carbocycles. The van der Waals surface area contributed by atoms with Crippen LogP contribution in [0.1, 0.15) is 24.5 Å². The number of hydrogen-bond acceptors (Lipinski definition) is 3. The molecule has 3 rings (SSSR count). The number of likely N-dealkylation sites (tertiary alicyclic amines) is 1. The Hall–Kier alpha value is -2.34. The number of ether oxygens (including phenoxy) is 1. The van der Waals surface area contributed by atoms with E-state index in [0.717, 1.165) is 51.6 Å². The summed E-state index contributed by atoms with van der Waals surface area (Å²) >= 11 is 0. The van der Waals surface area contributed by atoms with E-state index in [-0.39, 0.29) is 0 Å². The highest BCUT2D eigenvalue weighted by atomic mass is 16.5. The van der Waals surface area contributed by atoms with Crippen molar-refractivity contribution in [1.82, 2.24) is 20.0 Å². The molecule has 1 saturated heterocycles. The van der Waals surface area contributed by atoms with Gasteiger partial charge in [-0.3, -0.25) is 9.67 Å². The summed E-state index contributed by atoms with van der Waals surface area (Å²) in [6, 6.07) is 10.4. The molecule has 1 N–H and O–H groups in total. The molecule has 1 fully saturated rings. The van der Waals surface area contributed by atoms with Crippen LogP contribution in [0.15, 0.2) is 47.7 Å². The Morgan fingerprint density at radius 3 is 2.89 bits per heavy atom. The summed E-state index contributed by atoms with van der Waals surface area (Å²) in [6.07, 6.45) is 6.04. The SMILES string of the molecule is CCNC(=NCCc1cnn(C)c1)N1CCC(COCc2ccccc2)C1. The lowest BCUT2D eigenvalue weighted by molar-refractivity contribution is 0.0907. The lowest BCUT2D eigenvalue weighted by atomic mass is 10.1. The van der Waals surface area contributed by atoms with E-state index >= 15 is 0 Å². The number of nitrogens with one attached hydrogen (secondary N) is 1. The van der Waals surface area contributed by atoms with E-state index in [2.05, 4.69) is 52.7 Å². The molecular weight excluding hydrogens is 338 g/mol. The first-order valence-electron chi connectivity index (χ1n) is 9.87. The van der Waals surface area contributed by atoms with Gasteiger partial charge >= 0.3 is 0 Å². The second-order valence-corrected chi connectivity index (χ2v) is 7.11. The molecule has 0 radical (unpaired) electrons. The highest BCUT2D eigenvalue weighted by Gasteiger charge is 2.24. The molecule has 146 valence electrons. The van der Waals surface area contributed by atoms with Gasteiger partial charge in [0, 0.05) is 45.3 Å². The Morgan fingerprint density at radius 2 is 2.15 bits per heavy atom. The maximum absolute atomic E-state index is 5.94. The topological polar surface area (TPSA) is 54.7 Å². The van der Waals surface area contributed by atoms with E-state index in [9.17, 15) is 0 Å². The van der Waals surface area contributed by atoms with E-state index in [4.69, 9.17) is 9.73 Å². The molecule has 1 aliphatic rings. The van der Waals surface area contributed by atoms with Gasteiger partial charge in [0.1, 0.15) is 0 Å². The first-order valence-corrected chi connectivity index (χ1v) is 9.87. The molecule has 2 aromatic rings. The van der Waals surface area contributed by atoms with Crippen LogP contribution < -0.4 is 5.32 Å². The number of aromatic nitrogens is 2. The van der Waals surface area contributed by atoms with Crippen LogP contribution in [0.2, 0.25) is 0 Å². The maximum Gasteiger partial charge on any atom is 0.193 e. The summed E-state index contributed by atoms with van der Waals surface area (Å²) in [5.74, 6) is 1.59. The molecule has 1 atom stereocenters. The number of benzene rings is 1. The Bertz CT molecular complexity index is 712. The Morgan fingerprint density at radius 1 is 1.30 bits per heavy atom. The summed E-state index contributed by atoms with van der Waals surface area (Å²) in [5.41, 5.74) is 2.46. The summed E-state index contributed by atoms with van der Waals surface area (Å²) in [6.45, 7) is 7.33. The van der Waals surface area contributed by atoms with Gasteiger partial charge < -0.3 is 15.0 Å². The van der Waals surface area contributed by atoms with Gasteiger partial charge in [-0.15, -0.1) is 0 Å². The van der Waals surface area contributed by atoms with Crippen molar-refractivity contribution in [2.45, 2.75) is 26.4 Å². The van der Waals surface area contributed by atoms with E-state index in [1.165, 1.54) is 11.1 Å². The number of hydrogen-bond donors (Lipinski definition) is 1. The standard InChI is InChI=1S/C21H31N5O/c1-3-22-21(23-11-9-19-13-24-25(2)14-19)26-12-10-20(15-26)17-27-16-18-7-5-4-6-8-18/h4-8,13-14,20H,3,9-12,15-17H2,1-2H3,(H,22,23). The van der Waals surface area contributed by atoms with Gasteiger partial charge in [-0.05, 0) is 30.9 Å². The number of nitrogens with zero attached hydrogens (tertiary/aromatic N) is 4. The molecule has 6 nitrogen and oxygen atoms in total. The van der Waals surface area contributed by atoms with Gasteiger partial charge in [-0.1, -0.05) is 30.3 Å². The number of guanidine groups is 1. The average Bonchev–Trinajstić information content (AvgIpc) is 3.31. The zero-order valence-electron chi connectivity index (χ0n) is 16.5. The Labute approximate surface area is 162 Å². The second kappa shape index (κ2) is 10.1. The van der Waals surface area contributed by atoms with Crippen LogP contribution in [-0.4, -0.2) is 53.4 Å². The van der Waals surface area contributed by atoms with Gasteiger partial charge in [-0.2, -0.15) is 5.10 Å². The first kappa shape index (κ1) is 19.4. The number of rotatable bonds is 8. The zero-order chi connectivity index (χ0) is 18.9. The molecule has 1 unspecified atom stereocenters. The van der Waals surface area contributed by atoms with Crippen LogP contribution in [0.3, 0.4) is 0 Å². The van der Waals surface area contributed by atoms with E-state index < -0.39 is 0 Å². The van der Waals surface area contributed by atoms with E-state index in [0.29, 0.717) is 12.5 Å². The van der Waals surface area contributed by atoms with Crippen molar-refractivity contribution < 1.29 is 4.74 Å². The Balaban J connectivity index is 1.44. The highest BCUT2D eigenvalue weighted by Crippen LogP contribution is 2.17. The van der Waals surface area contributed by atoms with Crippen molar-refractivity contribution >= 4 is 5.96 Å². The minimum Gasteiger partial charge on any atom is -0.376 e. The van der Waals surface area contributed by atoms with Crippen molar-refractivity contribution in [3.8, 4) is 0 Å². The van der Waals surface area contributed by atoms with Crippen LogP contribution >= 0.6 is 0 Å². The molecular formula is C21H31N5O. The smallest absolute Gasteiger partial charge is 0.193 e. The predicted molar refractivity (Wildman–Crippen MR) is 109 cm³/mol. The third-order valence-corrected chi connectivity index (χ3v) is 4.81. The molecule has 0 spiro atoms. The Kier molecular flexibility index (Phi) is 7.27. The zero-order valence-corrected chi connectivity index (χ0v) is 16.5. The molecule has 0 bridgehead atoms. The van der Waals surface area contributed by atoms with Crippen LogP contribution in [0.4, 0.5) is 0 Å². The number of aryl methyl sites for hydroxylation is 1. The van der Waals surface area contributed by atoms with E-state index in [1.807, 2.05) is 24.0 Å². The summed E-state index contributed by atoms with van der Waals surface area (Å²) in [7, 11) is 1.95. The summed E-state index contributed by atoms with van der Waals surface area (Å²) in [5, 5.41) is 7.65. The van der Waals surface area contributed by atoms with Gasteiger partial charge in [0.2, 0.25) is 0 Å². The van der Waals surface area contributed by atoms with Crippen LogP contribution in [0, 0.1) is 5.92 Å². The van der Waals surface area contributed by atoms with Gasteiger partial charge in [0.15, 0.2) is 5.96 Å². The van der Waals surface area contributed by atoms with Crippen molar-refractivity contribution in [1.29, 1.82) is 0 Å². The van der Waals surface area contributed by atoms with Crippen LogP contribution in [0.5, 0.6) is 0 Å². The minimum atomic E-state index is 0.566. The predicted octanol–water partition coefficient (Wildman–Crippen LogP) is 2.47. The number of aliphatic imine (C=N–C) groups is 1. The molecule has 2 heterocycles. The first-order chi connectivity index (χ1) is 13.2. The summed E-state index contributed by atoms with van der Waals surface area (Å²) in [4.78, 5) is 7.18. The van der Waals surface area contributed by atoms with Gasteiger partial charge in [-0.25, -0.2) is 0 Å². The molecule has 1 aliphatic heterocycles. The average molecular weight is 370 g/mol. The molecule has 27 heavy (non-hydrogen) atoms. The van der Waals surface area contributed by atoms with E-state index in [1.54, 1.807) is 0 Å². The molecule has 0 saturated carbocycles. The molecule has 1 aromatic heterocycles. The van der Waals surface area contributed by atoms with Gasteiger partial charge in [0.05, 0.1) is 19.4 Å². The largest absolute Gasteiger partial charge is 0.376 e. The molecule has 0 amide bonds. The lowest BCUT2D eigenvalue weighted by Gasteiger charge is -2.21. The third kappa shape index (κ3) is 6.10. The maximum atomic E-state index is 5.94. The van der Waals surface area contributed by atoms with Crippen molar-refractivity contribution in [2.24, 2.45) is 18.0 Å². The summed E-state index contributed by atoms with van der Waals surface area (Å²) < 4.78 is 7.77. The molecule has 0 aliphatic carbocycles. The fourth-order valence-corrected chi connectivity index (χ4v) is 3.40. The fourth-order valence-electron chi connectivity index (χ4n) is 3.40. The third-order valence-electron chi connectivity index (χ3n) is 4.81. The van der Waals surface area contributed by atoms with Crippen molar-refractivity contribution in [3.05, 3.63) is 53.9 Å². The van der Waals surface area contributed by atoms with Crippen LogP contribution in [0.25, 0.3) is 0 Å².